The molecule has 0 amide bonds. The number of carbonyl (C=O) groups excluding carboxylic acids is 1. The zero-order chi connectivity index (χ0) is 14.8. The summed E-state index contributed by atoms with van der Waals surface area (Å²) in [6.45, 7) is 0.813. The van der Waals surface area contributed by atoms with Crippen molar-refractivity contribution in [1.82, 2.24) is 4.72 Å². The van der Waals surface area contributed by atoms with Crippen LogP contribution in [0.3, 0.4) is 0 Å². The minimum atomic E-state index is -3.78. The summed E-state index contributed by atoms with van der Waals surface area (Å²) in [5.74, 6) is -1.43. The quantitative estimate of drug-likeness (QED) is 0.810. The van der Waals surface area contributed by atoms with Gasteiger partial charge in [0.2, 0.25) is 10.0 Å². The fourth-order valence-corrected chi connectivity index (χ4v) is 3.71. The number of aromatic carboxylic acids is 1. The lowest BCUT2D eigenvalue weighted by Crippen LogP contribution is -2.32. The molecule has 1 aromatic carbocycles. The first-order valence-corrected chi connectivity index (χ1v) is 8.29. The van der Waals surface area contributed by atoms with Gasteiger partial charge >= 0.3 is 0 Å². The van der Waals surface area contributed by atoms with E-state index in [2.05, 4.69) is 20.7 Å². The molecule has 0 spiro atoms. The van der Waals surface area contributed by atoms with Gasteiger partial charge in [0.25, 0.3) is 0 Å². The average molecular weight is 363 g/mol. The molecule has 1 N–H and O–H groups in total. The van der Waals surface area contributed by atoms with Crippen LogP contribution >= 0.6 is 15.9 Å². The van der Waals surface area contributed by atoms with E-state index in [1.165, 1.54) is 12.1 Å². The van der Waals surface area contributed by atoms with Gasteiger partial charge in [-0.15, -0.1) is 0 Å². The molecular formula is C12H13BrNO5S-. The van der Waals surface area contributed by atoms with Crippen molar-refractivity contribution in [2.24, 2.45) is 0 Å². The third-order valence-electron chi connectivity index (χ3n) is 2.94. The van der Waals surface area contributed by atoms with E-state index in [0.29, 0.717) is 11.1 Å². The highest BCUT2D eigenvalue weighted by Gasteiger charge is 2.21. The lowest BCUT2D eigenvalue weighted by atomic mass is 10.2. The molecule has 1 atom stereocenters. The van der Waals surface area contributed by atoms with Gasteiger partial charge in [0.05, 0.1) is 17.0 Å². The van der Waals surface area contributed by atoms with Crippen LogP contribution in [0.4, 0.5) is 0 Å². The average Bonchev–Trinajstić information content (AvgIpc) is 2.89. The van der Waals surface area contributed by atoms with Crippen LogP contribution in [0.25, 0.3) is 0 Å². The van der Waals surface area contributed by atoms with E-state index >= 15 is 0 Å². The third kappa shape index (κ3) is 3.78. The maximum absolute atomic E-state index is 12.1. The van der Waals surface area contributed by atoms with E-state index in [1.54, 1.807) is 0 Å². The van der Waals surface area contributed by atoms with Crippen LogP contribution in [0, 0.1) is 0 Å². The predicted octanol–water partition coefficient (Wildman–Crippen LogP) is 0.270. The second-order valence-corrected chi connectivity index (χ2v) is 7.13. The summed E-state index contributed by atoms with van der Waals surface area (Å²) in [4.78, 5) is 10.7. The Morgan fingerprint density at radius 1 is 1.45 bits per heavy atom. The number of rotatable bonds is 5. The topological polar surface area (TPSA) is 95.5 Å². The summed E-state index contributed by atoms with van der Waals surface area (Å²) in [6.07, 6.45) is 1.60. The van der Waals surface area contributed by atoms with E-state index in [9.17, 15) is 18.3 Å². The second kappa shape index (κ2) is 6.21. The smallest absolute Gasteiger partial charge is 0.240 e. The van der Waals surface area contributed by atoms with Gasteiger partial charge in [-0.05, 0) is 36.6 Å². The molecule has 6 nitrogen and oxygen atoms in total. The van der Waals surface area contributed by atoms with Crippen molar-refractivity contribution < 1.29 is 23.1 Å². The minimum Gasteiger partial charge on any atom is -0.545 e. The number of carbonyl (C=O) groups is 1. The molecule has 1 saturated heterocycles. The molecule has 0 bridgehead atoms. The van der Waals surface area contributed by atoms with E-state index in [1.807, 2.05) is 0 Å². The number of benzene rings is 1. The Kier molecular flexibility index (Phi) is 4.79. The van der Waals surface area contributed by atoms with Gasteiger partial charge in [0.1, 0.15) is 0 Å². The molecule has 0 aliphatic carbocycles. The Balaban J connectivity index is 2.17. The highest BCUT2D eigenvalue weighted by atomic mass is 79.9. The molecule has 0 saturated carbocycles. The lowest BCUT2D eigenvalue weighted by Gasteiger charge is -2.13. The summed E-state index contributed by atoms with van der Waals surface area (Å²) < 4.78 is 32.3. The first-order valence-electron chi connectivity index (χ1n) is 6.02. The van der Waals surface area contributed by atoms with Gasteiger partial charge < -0.3 is 14.6 Å². The highest BCUT2D eigenvalue weighted by Crippen LogP contribution is 2.20. The molecule has 0 radical (unpaired) electrons. The molecule has 20 heavy (non-hydrogen) atoms. The van der Waals surface area contributed by atoms with Crippen LogP contribution in [0.15, 0.2) is 27.6 Å². The van der Waals surface area contributed by atoms with Crippen LogP contribution in [-0.4, -0.2) is 33.6 Å². The Bertz CT molecular complexity index is 610. The maximum Gasteiger partial charge on any atom is 0.240 e. The number of sulfonamides is 1. The molecule has 1 fully saturated rings. The number of carboxylic acids is 1. The molecule has 0 unspecified atom stereocenters. The van der Waals surface area contributed by atoms with Crippen LogP contribution in [0.2, 0.25) is 0 Å². The van der Waals surface area contributed by atoms with Crippen LogP contribution in [0.1, 0.15) is 23.2 Å². The van der Waals surface area contributed by atoms with Crippen molar-refractivity contribution in [3.8, 4) is 0 Å². The molecule has 1 aliphatic heterocycles. The monoisotopic (exact) mass is 362 g/mol. The van der Waals surface area contributed by atoms with Gasteiger partial charge in [0, 0.05) is 17.6 Å². The van der Waals surface area contributed by atoms with E-state index < -0.39 is 16.0 Å². The predicted molar refractivity (Wildman–Crippen MR) is 72.6 cm³/mol. The molecule has 1 heterocycles. The van der Waals surface area contributed by atoms with Crippen molar-refractivity contribution in [2.75, 3.05) is 13.2 Å². The largest absolute Gasteiger partial charge is 0.545 e. The van der Waals surface area contributed by atoms with E-state index in [4.69, 9.17) is 4.74 Å². The minimum absolute atomic E-state index is 0.121. The fourth-order valence-electron chi connectivity index (χ4n) is 1.93. The first kappa shape index (κ1) is 15.4. The normalized spacial score (nSPS) is 19.1. The summed E-state index contributed by atoms with van der Waals surface area (Å²) >= 11 is 3.08. The maximum atomic E-state index is 12.1. The number of hydrogen-bond acceptors (Lipinski definition) is 5. The number of ether oxygens (including phenoxy) is 1. The number of halogens is 1. The lowest BCUT2D eigenvalue weighted by molar-refractivity contribution is -0.255. The third-order valence-corrected chi connectivity index (χ3v) is 4.80. The Morgan fingerprint density at radius 3 is 2.80 bits per heavy atom. The SMILES string of the molecule is O=C([O-])c1cc(Br)cc(S(=O)(=O)NC[C@H]2CCCO2)c1. The van der Waals surface area contributed by atoms with Gasteiger partial charge in [-0.1, -0.05) is 15.9 Å². The van der Waals surface area contributed by atoms with Crippen LogP contribution < -0.4 is 9.83 Å². The molecule has 2 rings (SSSR count). The summed E-state index contributed by atoms with van der Waals surface area (Å²) in [5.41, 5.74) is -0.197. The molecule has 8 heteroatoms. The molecule has 110 valence electrons. The Morgan fingerprint density at radius 2 is 2.20 bits per heavy atom. The van der Waals surface area contributed by atoms with Crippen molar-refractivity contribution in [2.45, 2.75) is 23.8 Å². The van der Waals surface area contributed by atoms with Crippen LogP contribution in [0.5, 0.6) is 0 Å². The van der Waals surface area contributed by atoms with Crippen molar-refractivity contribution in [1.29, 1.82) is 0 Å². The molecular weight excluding hydrogens is 350 g/mol. The van der Waals surface area contributed by atoms with E-state index in [-0.39, 0.29) is 23.1 Å². The van der Waals surface area contributed by atoms with Gasteiger partial charge in [0.15, 0.2) is 0 Å². The summed E-state index contributed by atoms with van der Waals surface area (Å²) in [6, 6.07) is 3.69. The Labute approximate surface area is 125 Å². The molecule has 1 aliphatic rings. The zero-order valence-corrected chi connectivity index (χ0v) is 12.9. The van der Waals surface area contributed by atoms with Crippen molar-refractivity contribution in [3.05, 3.63) is 28.2 Å². The van der Waals surface area contributed by atoms with Gasteiger partial charge in [-0.3, -0.25) is 0 Å². The zero-order valence-electron chi connectivity index (χ0n) is 10.5. The number of hydrogen-bond donors (Lipinski definition) is 1. The number of nitrogens with one attached hydrogen (secondary N) is 1. The van der Waals surface area contributed by atoms with Gasteiger partial charge in [-0.25, -0.2) is 13.1 Å². The van der Waals surface area contributed by atoms with Crippen molar-refractivity contribution >= 4 is 31.9 Å². The molecule has 1 aromatic rings. The second-order valence-electron chi connectivity index (χ2n) is 4.45. The Hall–Kier alpha value is -0.960. The molecule has 0 aromatic heterocycles. The summed E-state index contributed by atoms with van der Waals surface area (Å²) in [7, 11) is -3.78. The van der Waals surface area contributed by atoms with Crippen LogP contribution in [-0.2, 0) is 14.8 Å². The highest BCUT2D eigenvalue weighted by molar-refractivity contribution is 9.10. The first-order chi connectivity index (χ1) is 9.38. The fraction of sp³-hybridized carbons (Fsp3) is 0.417. The summed E-state index contributed by atoms with van der Waals surface area (Å²) in [5, 5.41) is 10.8. The standard InChI is InChI=1S/C12H14BrNO5S/c13-9-4-8(12(15)16)5-11(6-9)20(17,18)14-7-10-2-1-3-19-10/h4-6,10,14H,1-3,7H2,(H,15,16)/p-1/t10-/m1/s1. The van der Waals surface area contributed by atoms with Crippen molar-refractivity contribution in [3.63, 3.8) is 0 Å². The van der Waals surface area contributed by atoms with Gasteiger partial charge in [-0.2, -0.15) is 0 Å². The van der Waals surface area contributed by atoms with E-state index in [0.717, 1.165) is 18.9 Å². The number of carboxylic acid groups (broad SMARTS) is 1.